The van der Waals surface area contributed by atoms with Gasteiger partial charge in [-0.05, 0) is 37.4 Å². The number of likely N-dealkylation sites (tertiary alicyclic amines) is 1. The molecule has 1 aliphatic rings. The first kappa shape index (κ1) is 13.1. The zero-order valence-corrected chi connectivity index (χ0v) is 11.1. The van der Waals surface area contributed by atoms with Crippen LogP contribution in [-0.4, -0.2) is 30.6 Å². The van der Waals surface area contributed by atoms with E-state index in [1.165, 1.54) is 12.8 Å². The predicted octanol–water partition coefficient (Wildman–Crippen LogP) is 2.10. The highest BCUT2D eigenvalue weighted by molar-refractivity contribution is 5.33. The molecule has 2 N–H and O–H groups in total. The molecule has 0 radical (unpaired) electrons. The summed E-state index contributed by atoms with van der Waals surface area (Å²) in [5.41, 5.74) is 6.97. The lowest BCUT2D eigenvalue weighted by Gasteiger charge is -2.38. The summed E-state index contributed by atoms with van der Waals surface area (Å²) in [5, 5.41) is 0. The van der Waals surface area contributed by atoms with E-state index in [0.29, 0.717) is 12.0 Å². The molecule has 1 saturated heterocycles. The van der Waals surface area contributed by atoms with E-state index in [9.17, 15) is 0 Å². The smallest absolute Gasteiger partial charge is 0.0608 e. The molecule has 2 rings (SSSR count). The molecular weight excluding hydrogens is 220 g/mol. The van der Waals surface area contributed by atoms with Gasteiger partial charge in [0.1, 0.15) is 0 Å². The van der Waals surface area contributed by atoms with Crippen molar-refractivity contribution in [2.75, 3.05) is 19.6 Å². The Morgan fingerprint density at radius 3 is 2.83 bits per heavy atom. The van der Waals surface area contributed by atoms with Crippen molar-refractivity contribution in [3.63, 3.8) is 0 Å². The number of nitrogens with zero attached hydrogens (tertiary/aromatic N) is 1. The molecule has 18 heavy (non-hydrogen) atoms. The molecule has 0 saturated carbocycles. The van der Waals surface area contributed by atoms with E-state index in [4.69, 9.17) is 5.73 Å². The molecule has 1 heterocycles. The second kappa shape index (κ2) is 6.58. The van der Waals surface area contributed by atoms with Crippen LogP contribution in [0.3, 0.4) is 0 Å². The van der Waals surface area contributed by atoms with Crippen molar-refractivity contribution >= 4 is 0 Å². The van der Waals surface area contributed by atoms with Crippen molar-refractivity contribution in [3.8, 4) is 11.8 Å². The summed E-state index contributed by atoms with van der Waals surface area (Å²) in [6, 6.07) is 10.7. The lowest BCUT2D eigenvalue weighted by atomic mass is 9.91. The quantitative estimate of drug-likeness (QED) is 0.805. The molecule has 0 spiro atoms. The molecule has 0 aliphatic carbocycles. The van der Waals surface area contributed by atoms with E-state index in [1.807, 2.05) is 30.3 Å². The summed E-state index contributed by atoms with van der Waals surface area (Å²) in [6.45, 7) is 5.01. The van der Waals surface area contributed by atoms with Crippen molar-refractivity contribution in [3.05, 3.63) is 35.9 Å². The summed E-state index contributed by atoms with van der Waals surface area (Å²) in [6.07, 6.45) is 2.56. The average molecular weight is 242 g/mol. The van der Waals surface area contributed by atoms with Crippen LogP contribution in [0.2, 0.25) is 0 Å². The molecule has 0 bridgehead atoms. The number of benzene rings is 1. The third-order valence-corrected chi connectivity index (χ3v) is 3.76. The highest BCUT2D eigenvalue weighted by atomic mass is 15.2. The summed E-state index contributed by atoms with van der Waals surface area (Å²) in [5.74, 6) is 7.19. The van der Waals surface area contributed by atoms with Crippen LogP contribution in [0.15, 0.2) is 30.3 Å². The number of rotatable bonds is 2. The second-order valence-electron chi connectivity index (χ2n) is 5.06. The van der Waals surface area contributed by atoms with Crippen LogP contribution in [0.5, 0.6) is 0 Å². The molecule has 0 aromatic heterocycles. The van der Waals surface area contributed by atoms with Crippen LogP contribution >= 0.6 is 0 Å². The Hall–Kier alpha value is -1.30. The molecule has 2 nitrogen and oxygen atoms in total. The van der Waals surface area contributed by atoms with Crippen LogP contribution in [0, 0.1) is 17.8 Å². The van der Waals surface area contributed by atoms with Gasteiger partial charge in [-0.25, -0.2) is 0 Å². The lowest BCUT2D eigenvalue weighted by molar-refractivity contribution is 0.122. The Kier molecular flexibility index (Phi) is 4.81. The van der Waals surface area contributed by atoms with Crippen LogP contribution in [0.1, 0.15) is 25.3 Å². The molecule has 96 valence electrons. The van der Waals surface area contributed by atoms with Gasteiger partial charge >= 0.3 is 0 Å². The largest absolute Gasteiger partial charge is 0.329 e. The Morgan fingerprint density at radius 1 is 1.33 bits per heavy atom. The molecule has 1 fully saturated rings. The third kappa shape index (κ3) is 3.35. The topological polar surface area (TPSA) is 29.3 Å². The van der Waals surface area contributed by atoms with Gasteiger partial charge in [-0.1, -0.05) is 37.0 Å². The minimum atomic E-state index is 0.504. The highest BCUT2D eigenvalue weighted by Crippen LogP contribution is 2.21. The zero-order chi connectivity index (χ0) is 12.8. The lowest BCUT2D eigenvalue weighted by Crippen LogP contribution is -2.48. The SMILES string of the molecule is CC1CCCN(CC#Cc2ccccc2)C1CN. The van der Waals surface area contributed by atoms with Crippen molar-refractivity contribution in [1.82, 2.24) is 4.90 Å². The number of hydrogen-bond acceptors (Lipinski definition) is 2. The summed E-state index contributed by atoms with van der Waals surface area (Å²) >= 11 is 0. The molecule has 1 aliphatic heterocycles. The fourth-order valence-corrected chi connectivity index (χ4v) is 2.68. The maximum absolute atomic E-state index is 5.88. The van der Waals surface area contributed by atoms with Gasteiger partial charge in [-0.15, -0.1) is 0 Å². The van der Waals surface area contributed by atoms with Gasteiger partial charge in [0.2, 0.25) is 0 Å². The van der Waals surface area contributed by atoms with E-state index in [1.54, 1.807) is 0 Å². The minimum absolute atomic E-state index is 0.504. The first-order valence-electron chi connectivity index (χ1n) is 6.79. The van der Waals surface area contributed by atoms with Crippen LogP contribution in [0.4, 0.5) is 0 Å². The maximum Gasteiger partial charge on any atom is 0.0608 e. The fraction of sp³-hybridized carbons (Fsp3) is 0.500. The van der Waals surface area contributed by atoms with E-state index in [0.717, 1.165) is 25.2 Å². The van der Waals surface area contributed by atoms with E-state index in [2.05, 4.69) is 23.7 Å². The van der Waals surface area contributed by atoms with Gasteiger partial charge in [-0.3, -0.25) is 4.90 Å². The average Bonchev–Trinajstić information content (AvgIpc) is 2.40. The highest BCUT2D eigenvalue weighted by Gasteiger charge is 2.26. The Balaban J connectivity index is 1.95. The molecule has 1 aromatic carbocycles. The number of hydrogen-bond donors (Lipinski definition) is 1. The molecule has 2 heteroatoms. The van der Waals surface area contributed by atoms with Gasteiger partial charge in [0.05, 0.1) is 6.54 Å². The van der Waals surface area contributed by atoms with Gasteiger partial charge in [0, 0.05) is 18.2 Å². The van der Waals surface area contributed by atoms with Gasteiger partial charge in [0.25, 0.3) is 0 Å². The van der Waals surface area contributed by atoms with Crippen molar-refractivity contribution in [2.24, 2.45) is 11.7 Å². The van der Waals surface area contributed by atoms with Crippen LogP contribution in [0.25, 0.3) is 0 Å². The van der Waals surface area contributed by atoms with Crippen molar-refractivity contribution in [1.29, 1.82) is 0 Å². The second-order valence-corrected chi connectivity index (χ2v) is 5.06. The van der Waals surface area contributed by atoms with E-state index >= 15 is 0 Å². The van der Waals surface area contributed by atoms with E-state index in [-0.39, 0.29) is 0 Å². The molecule has 1 aromatic rings. The maximum atomic E-state index is 5.88. The van der Waals surface area contributed by atoms with Crippen molar-refractivity contribution in [2.45, 2.75) is 25.8 Å². The number of nitrogens with two attached hydrogens (primary N) is 1. The number of piperidine rings is 1. The van der Waals surface area contributed by atoms with Crippen molar-refractivity contribution < 1.29 is 0 Å². The first-order chi connectivity index (χ1) is 8.81. The molecule has 2 unspecified atom stereocenters. The minimum Gasteiger partial charge on any atom is -0.329 e. The normalized spacial score (nSPS) is 24.3. The van der Waals surface area contributed by atoms with Gasteiger partial charge < -0.3 is 5.73 Å². The summed E-state index contributed by atoms with van der Waals surface area (Å²) in [7, 11) is 0. The summed E-state index contributed by atoms with van der Waals surface area (Å²) in [4.78, 5) is 2.43. The summed E-state index contributed by atoms with van der Waals surface area (Å²) < 4.78 is 0. The Bertz CT molecular complexity index is 416. The molecule has 2 atom stereocenters. The predicted molar refractivity (Wildman–Crippen MR) is 76.1 cm³/mol. The molecule has 0 amide bonds. The molecular formula is C16H22N2. The van der Waals surface area contributed by atoms with Crippen LogP contribution in [-0.2, 0) is 0 Å². The first-order valence-corrected chi connectivity index (χ1v) is 6.79. The monoisotopic (exact) mass is 242 g/mol. The zero-order valence-electron chi connectivity index (χ0n) is 11.1. The van der Waals surface area contributed by atoms with Crippen LogP contribution < -0.4 is 5.73 Å². The van der Waals surface area contributed by atoms with Gasteiger partial charge in [-0.2, -0.15) is 0 Å². The van der Waals surface area contributed by atoms with Gasteiger partial charge in [0.15, 0.2) is 0 Å². The Labute approximate surface area is 110 Å². The standard InChI is InChI=1S/C16H22N2/c1-14-7-5-11-18(16(14)13-17)12-6-10-15-8-3-2-4-9-15/h2-4,8-9,14,16H,5,7,11-13,17H2,1H3. The van der Waals surface area contributed by atoms with E-state index < -0.39 is 0 Å². The Morgan fingerprint density at radius 2 is 2.11 bits per heavy atom. The fourth-order valence-electron chi connectivity index (χ4n) is 2.68. The third-order valence-electron chi connectivity index (χ3n) is 3.76.